The number of benzene rings is 1. The van der Waals surface area contributed by atoms with E-state index in [9.17, 15) is 9.90 Å². The van der Waals surface area contributed by atoms with Gasteiger partial charge >= 0.3 is 5.97 Å². The highest BCUT2D eigenvalue weighted by Gasteiger charge is 2.22. The van der Waals surface area contributed by atoms with E-state index in [-0.39, 0.29) is 6.10 Å². The van der Waals surface area contributed by atoms with Crippen LogP contribution in [-0.2, 0) is 11.3 Å². The van der Waals surface area contributed by atoms with Gasteiger partial charge in [-0.05, 0) is 31.0 Å². The summed E-state index contributed by atoms with van der Waals surface area (Å²) in [4.78, 5) is 13.9. The number of carbonyl (C=O) groups is 1. The van der Waals surface area contributed by atoms with Crippen LogP contribution < -0.4 is 5.73 Å². The molecule has 1 saturated heterocycles. The van der Waals surface area contributed by atoms with E-state index in [0.717, 1.165) is 23.0 Å². The number of aliphatic hydroxyl groups excluding tert-OH is 1. The molecule has 5 nitrogen and oxygen atoms in total. The van der Waals surface area contributed by atoms with E-state index >= 15 is 0 Å². The van der Waals surface area contributed by atoms with Crippen molar-refractivity contribution in [2.24, 2.45) is 0 Å². The van der Waals surface area contributed by atoms with Crippen LogP contribution in [0.4, 0.5) is 5.69 Å². The van der Waals surface area contributed by atoms with Gasteiger partial charge in [-0.1, -0.05) is 15.9 Å². The molecule has 1 fully saturated rings. The molecule has 1 heterocycles. The van der Waals surface area contributed by atoms with Crippen molar-refractivity contribution >= 4 is 27.6 Å². The fourth-order valence-electron chi connectivity index (χ4n) is 2.34. The number of esters is 1. The highest BCUT2D eigenvalue weighted by Crippen LogP contribution is 2.26. The molecule has 0 unspecified atom stereocenters. The summed E-state index contributed by atoms with van der Waals surface area (Å²) in [7, 11) is 0. The summed E-state index contributed by atoms with van der Waals surface area (Å²) in [6.07, 6.45) is 0.554. The van der Waals surface area contributed by atoms with Crippen LogP contribution in [0.3, 0.4) is 0 Å². The Morgan fingerprint density at radius 1 is 1.60 bits per heavy atom. The second kappa shape index (κ2) is 6.56. The van der Waals surface area contributed by atoms with E-state index in [0.29, 0.717) is 30.9 Å². The van der Waals surface area contributed by atoms with Crippen LogP contribution >= 0.6 is 15.9 Å². The first-order chi connectivity index (χ1) is 9.51. The number of β-amino-alcohol motifs (C(OH)–C–C–N with tert-alkyl or cyclic N) is 1. The minimum atomic E-state index is -0.408. The first kappa shape index (κ1) is 15.3. The van der Waals surface area contributed by atoms with Crippen molar-refractivity contribution in [3.05, 3.63) is 27.7 Å². The fourth-order valence-corrected chi connectivity index (χ4v) is 2.81. The molecule has 0 aliphatic carbocycles. The zero-order chi connectivity index (χ0) is 14.7. The van der Waals surface area contributed by atoms with Gasteiger partial charge in [-0.25, -0.2) is 4.79 Å². The molecular formula is C14H19BrN2O3. The van der Waals surface area contributed by atoms with Gasteiger partial charge in [0.05, 0.1) is 18.3 Å². The van der Waals surface area contributed by atoms with Crippen molar-refractivity contribution < 1.29 is 14.6 Å². The Kier molecular flexibility index (Phi) is 5.01. The predicted octanol–water partition coefficient (Wildman–Crippen LogP) is 1.77. The number of nitrogens with two attached hydrogens (primary N) is 1. The van der Waals surface area contributed by atoms with Crippen LogP contribution in [0.5, 0.6) is 0 Å². The Morgan fingerprint density at radius 2 is 2.35 bits per heavy atom. The largest absolute Gasteiger partial charge is 0.462 e. The van der Waals surface area contributed by atoms with Crippen LogP contribution in [0.25, 0.3) is 0 Å². The molecule has 20 heavy (non-hydrogen) atoms. The third-order valence-electron chi connectivity index (χ3n) is 3.36. The number of hydrogen-bond acceptors (Lipinski definition) is 5. The molecule has 0 aromatic heterocycles. The average molecular weight is 343 g/mol. The van der Waals surface area contributed by atoms with Gasteiger partial charge in [-0.3, -0.25) is 4.90 Å². The van der Waals surface area contributed by atoms with Crippen molar-refractivity contribution in [3.63, 3.8) is 0 Å². The van der Waals surface area contributed by atoms with E-state index in [1.807, 2.05) is 0 Å². The highest BCUT2D eigenvalue weighted by molar-refractivity contribution is 9.10. The number of anilines is 1. The molecule has 1 aliphatic rings. The number of carbonyl (C=O) groups excluding carboxylic acids is 1. The number of nitrogen functional groups attached to an aromatic ring is 1. The van der Waals surface area contributed by atoms with Crippen LogP contribution in [-0.4, -0.2) is 41.8 Å². The summed E-state index contributed by atoms with van der Waals surface area (Å²) in [5.41, 5.74) is 7.73. The zero-order valence-corrected chi connectivity index (χ0v) is 13.0. The van der Waals surface area contributed by atoms with Gasteiger partial charge in [0.2, 0.25) is 0 Å². The molecule has 0 radical (unpaired) electrons. The molecule has 110 valence electrons. The molecule has 0 spiro atoms. The molecule has 1 aliphatic heterocycles. The quantitative estimate of drug-likeness (QED) is 0.644. The van der Waals surface area contributed by atoms with E-state index in [1.165, 1.54) is 0 Å². The zero-order valence-electron chi connectivity index (χ0n) is 11.4. The highest BCUT2D eigenvalue weighted by atomic mass is 79.9. The predicted molar refractivity (Wildman–Crippen MR) is 80.4 cm³/mol. The normalized spacial score (nSPS) is 19.2. The fraction of sp³-hybridized carbons (Fsp3) is 0.500. The van der Waals surface area contributed by atoms with Crippen LogP contribution in [0.2, 0.25) is 0 Å². The number of nitrogens with zero attached hydrogens (tertiary/aromatic N) is 1. The number of hydrogen-bond donors (Lipinski definition) is 2. The molecular weight excluding hydrogens is 324 g/mol. The van der Waals surface area contributed by atoms with Crippen molar-refractivity contribution in [1.82, 2.24) is 4.90 Å². The van der Waals surface area contributed by atoms with E-state index in [1.54, 1.807) is 19.1 Å². The number of rotatable bonds is 4. The van der Waals surface area contributed by atoms with Gasteiger partial charge in [0.1, 0.15) is 0 Å². The van der Waals surface area contributed by atoms with Crippen LogP contribution in [0, 0.1) is 0 Å². The van der Waals surface area contributed by atoms with Crippen LogP contribution in [0.1, 0.15) is 29.3 Å². The third kappa shape index (κ3) is 3.50. The Bertz CT molecular complexity index is 507. The van der Waals surface area contributed by atoms with E-state index < -0.39 is 5.97 Å². The molecule has 1 atom stereocenters. The van der Waals surface area contributed by atoms with Gasteiger partial charge in [0.25, 0.3) is 0 Å². The molecule has 0 amide bonds. The summed E-state index contributed by atoms with van der Waals surface area (Å²) in [6.45, 7) is 4.32. The second-order valence-electron chi connectivity index (χ2n) is 4.93. The summed E-state index contributed by atoms with van der Waals surface area (Å²) >= 11 is 3.47. The number of likely N-dealkylation sites (tertiary alicyclic amines) is 1. The smallest absolute Gasteiger partial charge is 0.340 e. The summed E-state index contributed by atoms with van der Waals surface area (Å²) in [6, 6.07) is 3.50. The first-order valence-corrected chi connectivity index (χ1v) is 7.46. The number of ether oxygens (including phenoxy) is 1. The number of aliphatic hydroxyl groups is 1. The van der Waals surface area contributed by atoms with Crippen molar-refractivity contribution in [1.29, 1.82) is 0 Å². The minimum absolute atomic E-state index is 0.245. The van der Waals surface area contributed by atoms with Crippen molar-refractivity contribution in [2.75, 3.05) is 25.4 Å². The molecule has 3 N–H and O–H groups in total. The maximum atomic E-state index is 11.8. The molecule has 1 aromatic carbocycles. The Labute approximate surface area is 126 Å². The second-order valence-corrected chi connectivity index (χ2v) is 5.78. The first-order valence-electron chi connectivity index (χ1n) is 6.66. The lowest BCUT2D eigenvalue weighted by molar-refractivity contribution is 0.0527. The summed E-state index contributed by atoms with van der Waals surface area (Å²) in [5.74, 6) is -0.408. The van der Waals surface area contributed by atoms with Crippen molar-refractivity contribution in [3.8, 4) is 0 Å². The molecule has 2 rings (SSSR count). The standard InChI is InChI=1S/C14H19BrN2O3/c1-2-20-14(19)11-6-12(15)9(5-13(11)16)7-17-4-3-10(18)8-17/h5-6,10,18H,2-4,7-8,16H2,1H3/t10-/m1/s1. The van der Waals surface area contributed by atoms with Gasteiger partial charge in [-0.15, -0.1) is 0 Å². The third-order valence-corrected chi connectivity index (χ3v) is 4.09. The minimum Gasteiger partial charge on any atom is -0.462 e. The van der Waals surface area contributed by atoms with Gasteiger partial charge < -0.3 is 15.6 Å². The monoisotopic (exact) mass is 342 g/mol. The van der Waals surface area contributed by atoms with Crippen LogP contribution in [0.15, 0.2) is 16.6 Å². The summed E-state index contributed by atoms with van der Waals surface area (Å²) in [5, 5.41) is 9.54. The Morgan fingerprint density at radius 3 is 2.95 bits per heavy atom. The maximum absolute atomic E-state index is 11.8. The number of halogens is 1. The van der Waals surface area contributed by atoms with E-state index in [2.05, 4.69) is 20.8 Å². The van der Waals surface area contributed by atoms with E-state index in [4.69, 9.17) is 10.5 Å². The van der Waals surface area contributed by atoms with Crippen molar-refractivity contribution in [2.45, 2.75) is 26.0 Å². The van der Waals surface area contributed by atoms with Gasteiger partial charge in [0, 0.05) is 29.8 Å². The topological polar surface area (TPSA) is 75.8 Å². The van der Waals surface area contributed by atoms with Gasteiger partial charge in [-0.2, -0.15) is 0 Å². The molecule has 1 aromatic rings. The summed E-state index contributed by atoms with van der Waals surface area (Å²) < 4.78 is 5.80. The lowest BCUT2D eigenvalue weighted by atomic mass is 10.1. The lowest BCUT2D eigenvalue weighted by Gasteiger charge is -2.17. The van der Waals surface area contributed by atoms with Gasteiger partial charge in [0.15, 0.2) is 0 Å². The molecule has 0 bridgehead atoms. The maximum Gasteiger partial charge on any atom is 0.340 e. The molecule has 0 saturated carbocycles. The Balaban J connectivity index is 2.15. The average Bonchev–Trinajstić information content (AvgIpc) is 2.79. The SMILES string of the molecule is CCOC(=O)c1cc(Br)c(CN2CC[C@@H](O)C2)cc1N. The molecule has 6 heteroatoms. The Hall–Kier alpha value is -1.11. The lowest BCUT2D eigenvalue weighted by Crippen LogP contribution is -2.22.